The molecule has 1 fully saturated rings. The van der Waals surface area contributed by atoms with Gasteiger partial charge in [-0.3, -0.25) is 0 Å². The van der Waals surface area contributed by atoms with Crippen molar-refractivity contribution in [2.75, 3.05) is 13.1 Å². The number of carbonyl (C=O) groups is 1. The monoisotopic (exact) mass is 303 g/mol. The fraction of sp³-hybridized carbons (Fsp3) is 0.583. The number of carboxylic acids is 1. The summed E-state index contributed by atoms with van der Waals surface area (Å²) in [6.45, 7) is 2.76. The molecule has 0 amide bonds. The van der Waals surface area contributed by atoms with E-state index in [9.17, 15) is 13.2 Å². The smallest absolute Gasteiger partial charge is 0.336 e. The van der Waals surface area contributed by atoms with Crippen molar-refractivity contribution in [2.45, 2.75) is 30.4 Å². The molecule has 7 heteroatoms. The molecule has 2 rings (SSSR count). The highest BCUT2D eigenvalue weighted by Crippen LogP contribution is 2.30. The fourth-order valence-corrected chi connectivity index (χ4v) is 4.88. The van der Waals surface area contributed by atoms with E-state index in [4.69, 9.17) is 5.11 Å². The number of hydrogen-bond acceptors (Lipinski definition) is 4. The van der Waals surface area contributed by atoms with Crippen LogP contribution in [0.3, 0.4) is 0 Å². The zero-order valence-electron chi connectivity index (χ0n) is 10.7. The molecule has 1 aromatic heterocycles. The van der Waals surface area contributed by atoms with Gasteiger partial charge in [-0.05, 0) is 24.8 Å². The van der Waals surface area contributed by atoms with Gasteiger partial charge in [-0.25, -0.2) is 13.2 Å². The summed E-state index contributed by atoms with van der Waals surface area (Å²) >= 11 is 0.971. The van der Waals surface area contributed by atoms with E-state index in [0.717, 1.165) is 24.2 Å². The van der Waals surface area contributed by atoms with Crippen LogP contribution in [0.25, 0.3) is 0 Å². The molecule has 0 aliphatic heterocycles. The van der Waals surface area contributed by atoms with Crippen LogP contribution in [0, 0.1) is 5.92 Å². The van der Waals surface area contributed by atoms with Crippen LogP contribution in [0.15, 0.2) is 15.7 Å². The van der Waals surface area contributed by atoms with Gasteiger partial charge in [-0.1, -0.05) is 13.3 Å². The molecule has 0 atom stereocenters. The summed E-state index contributed by atoms with van der Waals surface area (Å²) in [6, 6.07) is 1.24. The van der Waals surface area contributed by atoms with Gasteiger partial charge >= 0.3 is 5.97 Å². The van der Waals surface area contributed by atoms with E-state index >= 15 is 0 Å². The van der Waals surface area contributed by atoms with Gasteiger partial charge in [-0.2, -0.15) is 4.31 Å². The summed E-state index contributed by atoms with van der Waals surface area (Å²) in [4.78, 5) is 10.8. The molecule has 1 N–H and O–H groups in total. The van der Waals surface area contributed by atoms with Crippen LogP contribution in [0.4, 0.5) is 0 Å². The second-order valence-corrected chi connectivity index (χ2v) is 7.79. The average molecular weight is 303 g/mol. The van der Waals surface area contributed by atoms with Gasteiger partial charge in [-0.15, -0.1) is 11.3 Å². The van der Waals surface area contributed by atoms with Crippen LogP contribution in [0.5, 0.6) is 0 Å². The molecule has 1 aliphatic rings. The summed E-state index contributed by atoms with van der Waals surface area (Å²) in [5.74, 6) is -0.645. The van der Waals surface area contributed by atoms with E-state index in [1.807, 2.05) is 6.92 Å². The normalized spacial score (nSPS) is 16.5. The zero-order valence-corrected chi connectivity index (χ0v) is 12.3. The number of aromatic carboxylic acids is 1. The maximum absolute atomic E-state index is 12.4. The molecule has 0 bridgehead atoms. The molecule has 106 valence electrons. The van der Waals surface area contributed by atoms with Crippen LogP contribution in [0.2, 0.25) is 0 Å². The Labute approximate surface area is 116 Å². The van der Waals surface area contributed by atoms with Crippen LogP contribution in [0.1, 0.15) is 36.5 Å². The quantitative estimate of drug-likeness (QED) is 0.874. The molecule has 0 aromatic carbocycles. The Morgan fingerprint density at radius 3 is 2.63 bits per heavy atom. The van der Waals surface area contributed by atoms with Crippen LogP contribution in [-0.2, 0) is 10.0 Å². The number of thiophene rings is 1. The molecule has 0 spiro atoms. The first kappa shape index (κ1) is 14.5. The Kier molecular flexibility index (Phi) is 4.27. The predicted octanol–water partition coefficient (Wildman–Crippen LogP) is 2.26. The number of nitrogens with zero attached hydrogens (tertiary/aromatic N) is 1. The SMILES string of the molecule is CCN(CC1CCC1)S(=O)(=O)c1cc(C(=O)O)cs1. The lowest BCUT2D eigenvalue weighted by atomic mass is 9.85. The molecule has 1 heterocycles. The maximum atomic E-state index is 12.4. The van der Waals surface area contributed by atoms with Crippen molar-refractivity contribution in [3.63, 3.8) is 0 Å². The highest BCUT2D eigenvalue weighted by atomic mass is 32.2. The highest BCUT2D eigenvalue weighted by molar-refractivity contribution is 7.91. The Morgan fingerprint density at radius 2 is 2.21 bits per heavy atom. The predicted molar refractivity (Wildman–Crippen MR) is 73.1 cm³/mol. The lowest BCUT2D eigenvalue weighted by Crippen LogP contribution is -2.36. The topological polar surface area (TPSA) is 74.7 Å². The van der Waals surface area contributed by atoms with Gasteiger partial charge in [0.05, 0.1) is 5.56 Å². The molecule has 0 radical (unpaired) electrons. The van der Waals surface area contributed by atoms with E-state index in [-0.39, 0.29) is 9.77 Å². The van der Waals surface area contributed by atoms with Gasteiger partial charge in [0.2, 0.25) is 0 Å². The first-order valence-electron chi connectivity index (χ1n) is 6.27. The Bertz CT molecular complexity index is 560. The first-order valence-corrected chi connectivity index (χ1v) is 8.59. The molecular formula is C12H17NO4S2. The van der Waals surface area contributed by atoms with Crippen molar-refractivity contribution < 1.29 is 18.3 Å². The first-order chi connectivity index (χ1) is 8.95. The third-order valence-corrected chi connectivity index (χ3v) is 6.81. The molecular weight excluding hydrogens is 286 g/mol. The van der Waals surface area contributed by atoms with E-state index in [1.54, 1.807) is 0 Å². The van der Waals surface area contributed by atoms with Crippen molar-refractivity contribution >= 4 is 27.3 Å². The maximum Gasteiger partial charge on any atom is 0.336 e. The number of rotatable bonds is 6. The molecule has 0 unspecified atom stereocenters. The van der Waals surface area contributed by atoms with Gasteiger partial charge in [0.15, 0.2) is 0 Å². The number of hydrogen-bond donors (Lipinski definition) is 1. The van der Waals surface area contributed by atoms with Crippen molar-refractivity contribution in [2.24, 2.45) is 5.92 Å². The summed E-state index contributed by atoms with van der Waals surface area (Å²) in [7, 11) is -3.55. The Hall–Kier alpha value is -0.920. The Morgan fingerprint density at radius 1 is 1.53 bits per heavy atom. The number of sulfonamides is 1. The lowest BCUT2D eigenvalue weighted by molar-refractivity contribution is 0.0697. The van der Waals surface area contributed by atoms with Gasteiger partial charge in [0.1, 0.15) is 4.21 Å². The van der Waals surface area contributed by atoms with Crippen LogP contribution < -0.4 is 0 Å². The second kappa shape index (κ2) is 5.60. The minimum absolute atomic E-state index is 0.0308. The molecule has 1 aromatic rings. The van der Waals surface area contributed by atoms with Crippen molar-refractivity contribution in [3.8, 4) is 0 Å². The van der Waals surface area contributed by atoms with Crippen molar-refractivity contribution in [3.05, 3.63) is 17.0 Å². The molecule has 5 nitrogen and oxygen atoms in total. The summed E-state index contributed by atoms with van der Waals surface area (Å²) in [6.07, 6.45) is 3.33. The number of carboxylic acid groups (broad SMARTS) is 1. The standard InChI is InChI=1S/C12H17NO4S2/c1-2-13(7-9-4-3-5-9)19(16,17)11-6-10(8-18-11)12(14)15/h6,8-9H,2-5,7H2,1H3,(H,14,15). The molecule has 19 heavy (non-hydrogen) atoms. The average Bonchev–Trinajstić information content (AvgIpc) is 2.77. The summed E-state index contributed by atoms with van der Waals surface area (Å²) < 4.78 is 26.4. The summed E-state index contributed by atoms with van der Waals surface area (Å²) in [5.41, 5.74) is 0.0308. The zero-order chi connectivity index (χ0) is 14.0. The van der Waals surface area contributed by atoms with Gasteiger partial charge in [0.25, 0.3) is 10.0 Å². The second-order valence-electron chi connectivity index (χ2n) is 4.71. The highest BCUT2D eigenvalue weighted by Gasteiger charge is 2.29. The third kappa shape index (κ3) is 2.98. The largest absolute Gasteiger partial charge is 0.478 e. The van der Waals surface area contributed by atoms with E-state index in [2.05, 4.69) is 0 Å². The van der Waals surface area contributed by atoms with Gasteiger partial charge in [0, 0.05) is 18.5 Å². The Balaban J connectivity index is 2.20. The molecule has 1 saturated carbocycles. The van der Waals surface area contributed by atoms with E-state index in [0.29, 0.717) is 19.0 Å². The minimum Gasteiger partial charge on any atom is -0.478 e. The molecule has 0 saturated heterocycles. The molecule has 1 aliphatic carbocycles. The minimum atomic E-state index is -3.55. The van der Waals surface area contributed by atoms with E-state index < -0.39 is 16.0 Å². The van der Waals surface area contributed by atoms with Gasteiger partial charge < -0.3 is 5.11 Å². The third-order valence-electron chi connectivity index (χ3n) is 3.46. The summed E-state index contributed by atoms with van der Waals surface area (Å²) in [5, 5.41) is 10.2. The lowest BCUT2D eigenvalue weighted by Gasteiger charge is -2.30. The van der Waals surface area contributed by atoms with Crippen molar-refractivity contribution in [1.29, 1.82) is 0 Å². The van der Waals surface area contributed by atoms with Crippen LogP contribution >= 0.6 is 11.3 Å². The van der Waals surface area contributed by atoms with Crippen molar-refractivity contribution in [1.82, 2.24) is 4.31 Å². The fourth-order valence-electron chi connectivity index (χ4n) is 2.05. The van der Waals surface area contributed by atoms with Crippen LogP contribution in [-0.4, -0.2) is 36.9 Å². The van der Waals surface area contributed by atoms with E-state index in [1.165, 1.54) is 22.2 Å².